The van der Waals surface area contributed by atoms with Crippen molar-refractivity contribution in [1.82, 2.24) is 9.55 Å². The summed E-state index contributed by atoms with van der Waals surface area (Å²) in [6, 6.07) is 20.3. The van der Waals surface area contributed by atoms with Gasteiger partial charge in [0.15, 0.2) is 0 Å². The molecule has 0 radical (unpaired) electrons. The van der Waals surface area contributed by atoms with Crippen LogP contribution in [0.3, 0.4) is 0 Å². The summed E-state index contributed by atoms with van der Waals surface area (Å²) >= 11 is 3.48. The number of methoxy groups -OCH3 is 1. The molecule has 1 aliphatic heterocycles. The minimum Gasteiger partial charge on any atom is -0.497 e. The Morgan fingerprint density at radius 3 is 2.79 bits per heavy atom. The van der Waals surface area contributed by atoms with Crippen LogP contribution >= 0.6 is 15.9 Å². The first-order valence-corrected chi connectivity index (χ1v) is 9.98. The van der Waals surface area contributed by atoms with E-state index >= 15 is 0 Å². The van der Waals surface area contributed by atoms with E-state index in [1.807, 2.05) is 65.2 Å². The van der Waals surface area contributed by atoms with Gasteiger partial charge in [0.1, 0.15) is 11.6 Å². The second-order valence-corrected chi connectivity index (χ2v) is 7.76. The molecule has 1 aromatic heterocycles. The number of allylic oxidation sites excluding steroid dienone is 1. The highest BCUT2D eigenvalue weighted by Gasteiger charge is 2.27. The molecule has 5 rings (SSSR count). The van der Waals surface area contributed by atoms with Crippen LogP contribution in [0.1, 0.15) is 17.2 Å². The third-order valence-corrected chi connectivity index (χ3v) is 5.60. The van der Waals surface area contributed by atoms with Crippen molar-refractivity contribution < 1.29 is 9.13 Å². The molecule has 144 valence electrons. The molecular formula is C23H17BrFN3O. The lowest BCUT2D eigenvalue weighted by atomic mass is 10.0. The van der Waals surface area contributed by atoms with Crippen LogP contribution in [0, 0.1) is 5.82 Å². The number of nitrogens with one attached hydrogen (secondary N) is 1. The summed E-state index contributed by atoms with van der Waals surface area (Å²) in [6.07, 6.45) is 2.03. The number of fused-ring (bicyclic) bond motifs is 3. The van der Waals surface area contributed by atoms with Gasteiger partial charge in [-0.15, -0.1) is 0 Å². The highest BCUT2D eigenvalue weighted by molar-refractivity contribution is 9.10. The van der Waals surface area contributed by atoms with Gasteiger partial charge < -0.3 is 10.1 Å². The topological polar surface area (TPSA) is 39.1 Å². The fourth-order valence-corrected chi connectivity index (χ4v) is 4.12. The number of rotatable bonds is 3. The third kappa shape index (κ3) is 3.09. The first-order chi connectivity index (χ1) is 14.1. The Labute approximate surface area is 175 Å². The number of benzene rings is 3. The average molecular weight is 450 g/mol. The third-order valence-electron chi connectivity index (χ3n) is 5.10. The van der Waals surface area contributed by atoms with Crippen molar-refractivity contribution in [3.05, 3.63) is 94.2 Å². The van der Waals surface area contributed by atoms with E-state index in [1.165, 1.54) is 6.07 Å². The van der Waals surface area contributed by atoms with Gasteiger partial charge in [-0.1, -0.05) is 40.2 Å². The predicted molar refractivity (Wildman–Crippen MR) is 117 cm³/mol. The van der Waals surface area contributed by atoms with Crippen molar-refractivity contribution in [3.8, 4) is 5.75 Å². The van der Waals surface area contributed by atoms with Crippen molar-refractivity contribution >= 4 is 38.6 Å². The van der Waals surface area contributed by atoms with E-state index in [2.05, 4.69) is 21.2 Å². The van der Waals surface area contributed by atoms with E-state index in [0.29, 0.717) is 11.5 Å². The maximum Gasteiger partial charge on any atom is 0.209 e. The Kier molecular flexibility index (Phi) is 4.36. The molecule has 0 saturated heterocycles. The standard InChI is InChI=1S/C23H17BrFN3O/c1-29-16-6-4-5-14(11-16)20-13-22(17-12-15(24)9-10-18(17)25)28-21-8-3-2-7-19(21)26-23(28)27-20/h2-13,22H,1H3,(H,26,27)/t22-/m1/s1. The molecule has 6 heteroatoms. The molecule has 0 bridgehead atoms. The number of anilines is 1. The van der Waals surface area contributed by atoms with Gasteiger partial charge in [0.2, 0.25) is 5.95 Å². The van der Waals surface area contributed by atoms with Gasteiger partial charge in [-0.25, -0.2) is 9.37 Å². The molecule has 0 saturated carbocycles. The van der Waals surface area contributed by atoms with E-state index in [0.717, 1.165) is 32.5 Å². The monoisotopic (exact) mass is 449 g/mol. The predicted octanol–water partition coefficient (Wildman–Crippen LogP) is 6.00. The van der Waals surface area contributed by atoms with Crippen molar-refractivity contribution in [2.75, 3.05) is 12.4 Å². The number of imidazole rings is 1. The lowest BCUT2D eigenvalue weighted by Gasteiger charge is -2.27. The second kappa shape index (κ2) is 7.04. The van der Waals surface area contributed by atoms with Gasteiger partial charge in [-0.05, 0) is 48.5 Å². The molecule has 2 heterocycles. The van der Waals surface area contributed by atoms with Crippen molar-refractivity contribution in [3.63, 3.8) is 0 Å². The number of aromatic nitrogens is 2. The van der Waals surface area contributed by atoms with Crippen LogP contribution in [0.2, 0.25) is 0 Å². The minimum atomic E-state index is -0.350. The van der Waals surface area contributed by atoms with Crippen molar-refractivity contribution in [2.24, 2.45) is 0 Å². The van der Waals surface area contributed by atoms with Crippen LogP contribution in [0.15, 0.2) is 77.3 Å². The molecule has 4 nitrogen and oxygen atoms in total. The average Bonchev–Trinajstić information content (AvgIpc) is 3.13. The minimum absolute atomic E-state index is 0.259. The molecule has 1 N–H and O–H groups in total. The van der Waals surface area contributed by atoms with Crippen LogP contribution < -0.4 is 10.1 Å². The van der Waals surface area contributed by atoms with Crippen LogP contribution in [0.4, 0.5) is 10.3 Å². The summed E-state index contributed by atoms with van der Waals surface area (Å²) in [5.74, 6) is 1.18. The Bertz CT molecular complexity index is 1260. The van der Waals surface area contributed by atoms with Gasteiger partial charge in [-0.2, -0.15) is 0 Å². The summed E-state index contributed by atoms with van der Waals surface area (Å²) in [5.41, 5.74) is 4.18. The molecule has 0 aliphatic carbocycles. The van der Waals surface area contributed by atoms with Gasteiger partial charge in [0, 0.05) is 21.3 Å². The Hall–Kier alpha value is -3.12. The second-order valence-electron chi connectivity index (χ2n) is 6.84. The number of halogens is 2. The molecule has 0 amide bonds. The summed E-state index contributed by atoms with van der Waals surface area (Å²) in [5, 5.41) is 3.41. The molecule has 0 unspecified atom stereocenters. The van der Waals surface area contributed by atoms with Gasteiger partial charge in [0.05, 0.1) is 24.2 Å². The highest BCUT2D eigenvalue weighted by atomic mass is 79.9. The molecule has 0 spiro atoms. The van der Waals surface area contributed by atoms with E-state index in [-0.39, 0.29) is 11.9 Å². The van der Waals surface area contributed by atoms with E-state index in [4.69, 9.17) is 9.72 Å². The molecule has 4 aromatic rings. The zero-order valence-electron chi connectivity index (χ0n) is 15.6. The largest absolute Gasteiger partial charge is 0.497 e. The van der Waals surface area contributed by atoms with Gasteiger partial charge in [0.25, 0.3) is 0 Å². The number of para-hydroxylation sites is 2. The Morgan fingerprint density at radius 2 is 1.93 bits per heavy atom. The SMILES string of the molecule is COc1cccc(C2=C[C@H](c3cc(Br)ccc3F)n3c(nc4ccccc43)N2)c1. The maximum atomic E-state index is 14.9. The molecule has 1 aliphatic rings. The summed E-state index contributed by atoms with van der Waals surface area (Å²) < 4.78 is 23.1. The number of ether oxygens (including phenoxy) is 1. The first kappa shape index (κ1) is 17.9. The molecule has 3 aromatic carbocycles. The fraction of sp³-hybridized carbons (Fsp3) is 0.0870. The Morgan fingerprint density at radius 1 is 1.07 bits per heavy atom. The van der Waals surface area contributed by atoms with E-state index < -0.39 is 0 Å². The van der Waals surface area contributed by atoms with E-state index in [9.17, 15) is 4.39 Å². The quantitative estimate of drug-likeness (QED) is 0.416. The molecule has 29 heavy (non-hydrogen) atoms. The fourth-order valence-electron chi connectivity index (χ4n) is 3.74. The number of hydrogen-bond acceptors (Lipinski definition) is 3. The van der Waals surface area contributed by atoms with Crippen molar-refractivity contribution in [1.29, 1.82) is 0 Å². The lowest BCUT2D eigenvalue weighted by Crippen LogP contribution is -2.20. The smallest absolute Gasteiger partial charge is 0.209 e. The van der Waals surface area contributed by atoms with E-state index in [1.54, 1.807) is 13.2 Å². The number of hydrogen-bond donors (Lipinski definition) is 1. The molecule has 0 fully saturated rings. The van der Waals surface area contributed by atoms with Crippen LogP contribution in [-0.2, 0) is 0 Å². The Balaban J connectivity index is 1.74. The highest BCUT2D eigenvalue weighted by Crippen LogP contribution is 2.38. The first-order valence-electron chi connectivity index (χ1n) is 9.19. The maximum absolute atomic E-state index is 14.9. The molecular weight excluding hydrogens is 433 g/mol. The zero-order valence-corrected chi connectivity index (χ0v) is 17.2. The van der Waals surface area contributed by atoms with Gasteiger partial charge in [-0.3, -0.25) is 4.57 Å². The summed E-state index contributed by atoms with van der Waals surface area (Å²) in [6.45, 7) is 0. The van der Waals surface area contributed by atoms with Crippen molar-refractivity contribution in [2.45, 2.75) is 6.04 Å². The summed E-state index contributed by atoms with van der Waals surface area (Å²) in [7, 11) is 1.64. The zero-order chi connectivity index (χ0) is 20.0. The van der Waals surface area contributed by atoms with Crippen LogP contribution in [0.25, 0.3) is 16.7 Å². The number of nitrogens with zero attached hydrogens (tertiary/aromatic N) is 2. The van der Waals surface area contributed by atoms with Gasteiger partial charge >= 0.3 is 0 Å². The summed E-state index contributed by atoms with van der Waals surface area (Å²) in [4.78, 5) is 4.75. The normalized spacial score (nSPS) is 15.6. The lowest BCUT2D eigenvalue weighted by molar-refractivity contribution is 0.414. The molecule has 1 atom stereocenters. The van der Waals surface area contributed by atoms with Crippen LogP contribution in [-0.4, -0.2) is 16.7 Å². The van der Waals surface area contributed by atoms with Crippen LogP contribution in [0.5, 0.6) is 5.75 Å².